The van der Waals surface area contributed by atoms with E-state index in [1.807, 2.05) is 48.5 Å². The van der Waals surface area contributed by atoms with Crippen LogP contribution in [-0.4, -0.2) is 6.54 Å². The van der Waals surface area contributed by atoms with E-state index in [4.69, 9.17) is 16.3 Å². The van der Waals surface area contributed by atoms with Crippen molar-refractivity contribution in [1.82, 2.24) is 0 Å². The summed E-state index contributed by atoms with van der Waals surface area (Å²) in [5.74, 6) is 0.880. The summed E-state index contributed by atoms with van der Waals surface area (Å²) in [5.41, 5.74) is 3.48. The zero-order chi connectivity index (χ0) is 17.3. The Hall–Kier alpha value is -2.45. The van der Waals surface area contributed by atoms with Crippen LogP contribution < -0.4 is 10.1 Å². The molecular weight excluding hydrogens is 330 g/mol. The van der Waals surface area contributed by atoms with Crippen molar-refractivity contribution in [3.05, 3.63) is 95.0 Å². The fourth-order valence-electron chi connectivity index (χ4n) is 2.62. The van der Waals surface area contributed by atoms with E-state index in [0.29, 0.717) is 6.61 Å². The van der Waals surface area contributed by atoms with Crippen LogP contribution in [0.2, 0.25) is 5.02 Å². The summed E-state index contributed by atoms with van der Waals surface area (Å²) >= 11 is 6.18. The Morgan fingerprint density at radius 1 is 0.800 bits per heavy atom. The van der Waals surface area contributed by atoms with Crippen LogP contribution in [0.4, 0.5) is 5.69 Å². The van der Waals surface area contributed by atoms with Gasteiger partial charge in [-0.15, -0.1) is 0 Å². The van der Waals surface area contributed by atoms with Crippen LogP contribution in [0.25, 0.3) is 0 Å². The molecule has 0 heterocycles. The van der Waals surface area contributed by atoms with Gasteiger partial charge in [0.15, 0.2) is 0 Å². The first-order valence-electron chi connectivity index (χ1n) is 8.55. The Balaban J connectivity index is 1.41. The highest BCUT2D eigenvalue weighted by atomic mass is 35.5. The predicted octanol–water partition coefficient (Wildman–Crippen LogP) is 5.96. The lowest BCUT2D eigenvalue weighted by atomic mass is 10.1. The second-order valence-corrected chi connectivity index (χ2v) is 6.33. The first kappa shape index (κ1) is 17.4. The molecule has 25 heavy (non-hydrogen) atoms. The molecule has 0 spiro atoms. The molecular formula is C22H22ClNO. The molecule has 0 saturated carbocycles. The Labute approximate surface area is 154 Å². The summed E-state index contributed by atoms with van der Waals surface area (Å²) in [7, 11) is 0. The predicted molar refractivity (Wildman–Crippen MR) is 105 cm³/mol. The normalized spacial score (nSPS) is 10.4. The van der Waals surface area contributed by atoms with Crippen LogP contribution in [0, 0.1) is 0 Å². The van der Waals surface area contributed by atoms with Crippen molar-refractivity contribution in [2.24, 2.45) is 0 Å². The standard InChI is InChI=1S/C22H22ClNO/c23-22-11-5-4-9-19(22)10-6-16-24-20-12-14-21(15-13-20)25-17-18-7-2-1-3-8-18/h1-5,7-9,11-15,24H,6,10,16-17H2. The first-order chi connectivity index (χ1) is 12.3. The van der Waals surface area contributed by atoms with Gasteiger partial charge in [0.1, 0.15) is 12.4 Å². The van der Waals surface area contributed by atoms with Crippen molar-refractivity contribution in [2.75, 3.05) is 11.9 Å². The highest BCUT2D eigenvalue weighted by Gasteiger charge is 2.00. The Morgan fingerprint density at radius 3 is 2.28 bits per heavy atom. The molecule has 0 aliphatic rings. The van der Waals surface area contributed by atoms with Crippen molar-refractivity contribution >= 4 is 17.3 Å². The molecule has 3 heteroatoms. The Morgan fingerprint density at radius 2 is 1.52 bits per heavy atom. The number of anilines is 1. The SMILES string of the molecule is Clc1ccccc1CCCNc1ccc(OCc2ccccc2)cc1. The van der Waals surface area contributed by atoms with Crippen LogP contribution >= 0.6 is 11.6 Å². The van der Waals surface area contributed by atoms with Gasteiger partial charge < -0.3 is 10.1 Å². The highest BCUT2D eigenvalue weighted by molar-refractivity contribution is 6.31. The van der Waals surface area contributed by atoms with Gasteiger partial charge in [-0.1, -0.05) is 60.1 Å². The average molecular weight is 352 g/mol. The number of hydrogen-bond donors (Lipinski definition) is 1. The van der Waals surface area contributed by atoms with Crippen LogP contribution in [0.1, 0.15) is 17.5 Å². The number of benzene rings is 3. The lowest BCUT2D eigenvalue weighted by molar-refractivity contribution is 0.306. The minimum atomic E-state index is 0.589. The van der Waals surface area contributed by atoms with E-state index in [0.717, 1.165) is 35.8 Å². The third-order valence-corrected chi connectivity index (χ3v) is 4.38. The van der Waals surface area contributed by atoms with E-state index in [2.05, 4.69) is 35.6 Å². The molecule has 0 aromatic heterocycles. The molecule has 0 radical (unpaired) electrons. The fraction of sp³-hybridized carbons (Fsp3) is 0.182. The maximum absolute atomic E-state index is 6.18. The van der Waals surface area contributed by atoms with E-state index in [1.54, 1.807) is 0 Å². The van der Waals surface area contributed by atoms with Crippen LogP contribution in [-0.2, 0) is 13.0 Å². The van der Waals surface area contributed by atoms with Crippen molar-refractivity contribution in [1.29, 1.82) is 0 Å². The third kappa shape index (κ3) is 5.54. The van der Waals surface area contributed by atoms with Crippen molar-refractivity contribution in [2.45, 2.75) is 19.4 Å². The highest BCUT2D eigenvalue weighted by Crippen LogP contribution is 2.18. The number of halogens is 1. The number of nitrogens with one attached hydrogen (secondary N) is 1. The molecule has 3 aromatic rings. The van der Waals surface area contributed by atoms with Gasteiger partial charge in [-0.3, -0.25) is 0 Å². The minimum Gasteiger partial charge on any atom is -0.489 e. The smallest absolute Gasteiger partial charge is 0.119 e. The molecule has 2 nitrogen and oxygen atoms in total. The van der Waals surface area contributed by atoms with Gasteiger partial charge in [0.05, 0.1) is 0 Å². The molecule has 0 bridgehead atoms. The van der Waals surface area contributed by atoms with Gasteiger partial charge in [0.25, 0.3) is 0 Å². The lowest BCUT2D eigenvalue weighted by Gasteiger charge is -2.09. The molecule has 1 N–H and O–H groups in total. The molecule has 0 aliphatic carbocycles. The summed E-state index contributed by atoms with van der Waals surface area (Å²) in [5, 5.41) is 4.29. The number of ether oxygens (including phenoxy) is 1. The number of aryl methyl sites for hydroxylation is 1. The largest absolute Gasteiger partial charge is 0.489 e. The molecule has 0 atom stereocenters. The van der Waals surface area contributed by atoms with Crippen molar-refractivity contribution < 1.29 is 4.74 Å². The summed E-state index contributed by atoms with van der Waals surface area (Å²) < 4.78 is 5.80. The van der Waals surface area contributed by atoms with E-state index in [9.17, 15) is 0 Å². The Bertz CT molecular complexity index is 772. The molecule has 0 unspecified atom stereocenters. The van der Waals surface area contributed by atoms with E-state index in [-0.39, 0.29) is 0 Å². The van der Waals surface area contributed by atoms with Crippen molar-refractivity contribution in [3.8, 4) is 5.75 Å². The topological polar surface area (TPSA) is 21.3 Å². The second-order valence-electron chi connectivity index (χ2n) is 5.92. The summed E-state index contributed by atoms with van der Waals surface area (Å²) in [6, 6.07) is 26.3. The molecule has 0 fully saturated rings. The lowest BCUT2D eigenvalue weighted by Crippen LogP contribution is -2.03. The quantitative estimate of drug-likeness (QED) is 0.505. The zero-order valence-corrected chi connectivity index (χ0v) is 14.9. The molecule has 0 aliphatic heterocycles. The molecule has 3 rings (SSSR count). The van der Waals surface area contributed by atoms with Gasteiger partial charge >= 0.3 is 0 Å². The van der Waals surface area contributed by atoms with E-state index in [1.165, 1.54) is 11.1 Å². The van der Waals surface area contributed by atoms with Crippen LogP contribution in [0.3, 0.4) is 0 Å². The maximum atomic E-state index is 6.18. The summed E-state index contributed by atoms with van der Waals surface area (Å²) in [4.78, 5) is 0. The molecule has 0 amide bonds. The number of rotatable bonds is 8. The summed E-state index contributed by atoms with van der Waals surface area (Å²) in [6.45, 7) is 1.50. The zero-order valence-electron chi connectivity index (χ0n) is 14.1. The molecule has 0 saturated heterocycles. The number of hydrogen-bond acceptors (Lipinski definition) is 2. The Kier molecular flexibility index (Phi) is 6.35. The van der Waals surface area contributed by atoms with E-state index < -0.39 is 0 Å². The van der Waals surface area contributed by atoms with Gasteiger partial charge in [-0.05, 0) is 54.3 Å². The minimum absolute atomic E-state index is 0.589. The van der Waals surface area contributed by atoms with Gasteiger partial charge in [0.2, 0.25) is 0 Å². The van der Waals surface area contributed by atoms with Crippen LogP contribution in [0.5, 0.6) is 5.75 Å². The van der Waals surface area contributed by atoms with Gasteiger partial charge in [-0.25, -0.2) is 0 Å². The second kappa shape index (κ2) is 9.14. The van der Waals surface area contributed by atoms with Crippen molar-refractivity contribution in [3.63, 3.8) is 0 Å². The molecule has 3 aromatic carbocycles. The summed E-state index contributed by atoms with van der Waals surface area (Å²) in [6.07, 6.45) is 2.01. The first-order valence-corrected chi connectivity index (χ1v) is 8.93. The monoisotopic (exact) mass is 351 g/mol. The van der Waals surface area contributed by atoms with Gasteiger partial charge in [-0.2, -0.15) is 0 Å². The maximum Gasteiger partial charge on any atom is 0.119 e. The van der Waals surface area contributed by atoms with E-state index >= 15 is 0 Å². The molecule has 128 valence electrons. The van der Waals surface area contributed by atoms with Gasteiger partial charge in [0, 0.05) is 17.3 Å². The van der Waals surface area contributed by atoms with Crippen LogP contribution in [0.15, 0.2) is 78.9 Å². The average Bonchev–Trinajstić information content (AvgIpc) is 2.67. The third-order valence-electron chi connectivity index (χ3n) is 4.01. The fourth-order valence-corrected chi connectivity index (χ4v) is 2.85.